The van der Waals surface area contributed by atoms with Crippen LogP contribution in [0.15, 0.2) is 0 Å². The van der Waals surface area contributed by atoms with E-state index < -0.39 is 0 Å². The second-order valence-corrected chi connectivity index (χ2v) is 5.48. The number of amides is 1. The summed E-state index contributed by atoms with van der Waals surface area (Å²) < 4.78 is 0. The van der Waals surface area contributed by atoms with E-state index in [9.17, 15) is 4.79 Å². The maximum absolute atomic E-state index is 12.5. The molecular formula is C13H24N2O. The van der Waals surface area contributed by atoms with Crippen molar-refractivity contribution < 1.29 is 4.79 Å². The van der Waals surface area contributed by atoms with Crippen LogP contribution in [0.25, 0.3) is 0 Å². The van der Waals surface area contributed by atoms with Crippen molar-refractivity contribution in [1.82, 2.24) is 10.2 Å². The lowest BCUT2D eigenvalue weighted by Gasteiger charge is -2.31. The van der Waals surface area contributed by atoms with E-state index in [1.807, 2.05) is 0 Å². The molecule has 92 valence electrons. The molecule has 0 aliphatic carbocycles. The number of carbonyl (C=O) groups is 1. The monoisotopic (exact) mass is 224 g/mol. The molecule has 0 aromatic heterocycles. The van der Waals surface area contributed by atoms with Gasteiger partial charge in [0.15, 0.2) is 0 Å². The molecule has 0 aromatic carbocycles. The Hall–Kier alpha value is -0.570. The van der Waals surface area contributed by atoms with Crippen LogP contribution in [-0.2, 0) is 4.79 Å². The highest BCUT2D eigenvalue weighted by molar-refractivity contribution is 5.80. The number of nitrogens with zero attached hydrogens (tertiary/aromatic N) is 1. The zero-order valence-corrected chi connectivity index (χ0v) is 10.7. The molecule has 2 saturated heterocycles. The summed E-state index contributed by atoms with van der Waals surface area (Å²) in [5.41, 5.74) is 0. The smallest absolute Gasteiger partial charge is 0.227 e. The van der Waals surface area contributed by atoms with Crippen molar-refractivity contribution in [2.24, 2.45) is 11.8 Å². The summed E-state index contributed by atoms with van der Waals surface area (Å²) in [7, 11) is 0. The molecule has 1 N–H and O–H groups in total. The number of hydrogen-bond acceptors (Lipinski definition) is 2. The molecule has 0 aromatic rings. The van der Waals surface area contributed by atoms with Gasteiger partial charge in [-0.25, -0.2) is 0 Å². The Morgan fingerprint density at radius 2 is 2.06 bits per heavy atom. The lowest BCUT2D eigenvalue weighted by Crippen LogP contribution is -2.44. The van der Waals surface area contributed by atoms with E-state index in [0.717, 1.165) is 19.5 Å². The van der Waals surface area contributed by atoms with Crippen molar-refractivity contribution in [2.45, 2.75) is 52.1 Å². The third-order valence-corrected chi connectivity index (χ3v) is 4.35. The van der Waals surface area contributed by atoms with E-state index in [2.05, 4.69) is 31.0 Å². The molecule has 1 amide bonds. The van der Waals surface area contributed by atoms with Crippen molar-refractivity contribution in [2.75, 3.05) is 13.1 Å². The second kappa shape index (κ2) is 4.74. The molecule has 4 unspecified atom stereocenters. The van der Waals surface area contributed by atoms with Gasteiger partial charge in [0.05, 0.1) is 5.92 Å². The molecule has 2 aliphatic heterocycles. The predicted octanol–water partition coefficient (Wildman–Crippen LogP) is 1.63. The van der Waals surface area contributed by atoms with Crippen LogP contribution >= 0.6 is 0 Å². The Kier molecular flexibility index (Phi) is 3.53. The third-order valence-electron chi connectivity index (χ3n) is 4.35. The zero-order valence-electron chi connectivity index (χ0n) is 10.7. The summed E-state index contributed by atoms with van der Waals surface area (Å²) in [6, 6.07) is 0.945. The van der Waals surface area contributed by atoms with Crippen LogP contribution in [0.5, 0.6) is 0 Å². The molecular weight excluding hydrogens is 200 g/mol. The minimum Gasteiger partial charge on any atom is -0.337 e. The molecule has 16 heavy (non-hydrogen) atoms. The van der Waals surface area contributed by atoms with Gasteiger partial charge < -0.3 is 10.2 Å². The Balaban J connectivity index is 2.07. The third kappa shape index (κ3) is 1.97. The molecule has 3 nitrogen and oxygen atoms in total. The Bertz CT molecular complexity index is 267. The fourth-order valence-electron chi connectivity index (χ4n) is 3.20. The number of hydrogen-bond donors (Lipinski definition) is 1. The van der Waals surface area contributed by atoms with Gasteiger partial charge in [0.25, 0.3) is 0 Å². The molecule has 2 aliphatic rings. The fraction of sp³-hybridized carbons (Fsp3) is 0.923. The fourth-order valence-corrected chi connectivity index (χ4v) is 3.20. The topological polar surface area (TPSA) is 32.3 Å². The van der Waals surface area contributed by atoms with Gasteiger partial charge in [-0.2, -0.15) is 0 Å². The SMILES string of the molecule is CCC1CCC(C)N1C(=O)C1CNCC1C. The number of rotatable bonds is 2. The average Bonchev–Trinajstić information content (AvgIpc) is 2.83. The first kappa shape index (κ1) is 11.9. The first-order valence-corrected chi connectivity index (χ1v) is 6.68. The minimum absolute atomic E-state index is 0.217. The molecule has 2 rings (SSSR count). The summed E-state index contributed by atoms with van der Waals surface area (Å²) in [5.74, 6) is 1.11. The minimum atomic E-state index is 0.217. The highest BCUT2D eigenvalue weighted by atomic mass is 16.2. The van der Waals surface area contributed by atoms with Crippen molar-refractivity contribution in [3.8, 4) is 0 Å². The molecule has 2 heterocycles. The molecule has 4 atom stereocenters. The summed E-state index contributed by atoms with van der Waals surface area (Å²) in [6.07, 6.45) is 3.47. The van der Waals surface area contributed by atoms with E-state index in [-0.39, 0.29) is 5.92 Å². The van der Waals surface area contributed by atoms with Gasteiger partial charge in [0.1, 0.15) is 0 Å². The number of nitrogens with one attached hydrogen (secondary N) is 1. The average molecular weight is 224 g/mol. The maximum Gasteiger partial charge on any atom is 0.227 e. The van der Waals surface area contributed by atoms with E-state index in [0.29, 0.717) is 23.9 Å². The standard InChI is InChI=1S/C13H24N2O/c1-4-11-6-5-10(3)15(11)13(16)12-8-14-7-9(12)2/h9-12,14H,4-8H2,1-3H3. The summed E-state index contributed by atoms with van der Waals surface area (Å²) in [6.45, 7) is 8.44. The Labute approximate surface area is 98.6 Å². The summed E-state index contributed by atoms with van der Waals surface area (Å²) in [4.78, 5) is 14.7. The van der Waals surface area contributed by atoms with Gasteiger partial charge in [-0.05, 0) is 38.6 Å². The second-order valence-electron chi connectivity index (χ2n) is 5.48. The van der Waals surface area contributed by atoms with Gasteiger partial charge in [-0.1, -0.05) is 13.8 Å². The largest absolute Gasteiger partial charge is 0.337 e. The van der Waals surface area contributed by atoms with Crippen molar-refractivity contribution in [3.63, 3.8) is 0 Å². The van der Waals surface area contributed by atoms with Gasteiger partial charge in [-0.15, -0.1) is 0 Å². The zero-order chi connectivity index (χ0) is 11.7. The van der Waals surface area contributed by atoms with Gasteiger partial charge in [-0.3, -0.25) is 4.79 Å². The van der Waals surface area contributed by atoms with Crippen LogP contribution in [0.4, 0.5) is 0 Å². The maximum atomic E-state index is 12.5. The highest BCUT2D eigenvalue weighted by Crippen LogP contribution is 2.30. The van der Waals surface area contributed by atoms with Crippen LogP contribution in [-0.4, -0.2) is 36.0 Å². The van der Waals surface area contributed by atoms with E-state index in [4.69, 9.17) is 0 Å². The van der Waals surface area contributed by atoms with Crippen LogP contribution in [0.3, 0.4) is 0 Å². The molecule has 0 bridgehead atoms. The summed E-state index contributed by atoms with van der Waals surface area (Å²) >= 11 is 0. The van der Waals surface area contributed by atoms with Gasteiger partial charge >= 0.3 is 0 Å². The van der Waals surface area contributed by atoms with Crippen molar-refractivity contribution in [3.05, 3.63) is 0 Å². The number of carbonyl (C=O) groups excluding carboxylic acids is 1. The lowest BCUT2D eigenvalue weighted by molar-refractivity contribution is -0.138. The van der Waals surface area contributed by atoms with Crippen LogP contribution in [0.1, 0.15) is 40.0 Å². The van der Waals surface area contributed by atoms with Crippen molar-refractivity contribution >= 4 is 5.91 Å². The van der Waals surface area contributed by atoms with Crippen molar-refractivity contribution in [1.29, 1.82) is 0 Å². The van der Waals surface area contributed by atoms with Crippen LogP contribution < -0.4 is 5.32 Å². The molecule has 0 spiro atoms. The van der Waals surface area contributed by atoms with Gasteiger partial charge in [0, 0.05) is 18.6 Å². The predicted molar refractivity (Wildman–Crippen MR) is 65.1 cm³/mol. The van der Waals surface area contributed by atoms with E-state index in [1.54, 1.807) is 0 Å². The highest BCUT2D eigenvalue weighted by Gasteiger charge is 2.39. The first-order chi connectivity index (χ1) is 7.65. The Morgan fingerprint density at radius 1 is 1.31 bits per heavy atom. The lowest BCUT2D eigenvalue weighted by atomic mass is 9.96. The van der Waals surface area contributed by atoms with Gasteiger partial charge in [0.2, 0.25) is 5.91 Å². The van der Waals surface area contributed by atoms with E-state index >= 15 is 0 Å². The summed E-state index contributed by atoms with van der Waals surface area (Å²) in [5, 5.41) is 3.33. The normalized spacial score (nSPS) is 39.3. The van der Waals surface area contributed by atoms with Crippen LogP contribution in [0, 0.1) is 11.8 Å². The van der Waals surface area contributed by atoms with E-state index in [1.165, 1.54) is 12.8 Å². The first-order valence-electron chi connectivity index (χ1n) is 6.68. The molecule has 0 saturated carbocycles. The number of likely N-dealkylation sites (tertiary alicyclic amines) is 1. The molecule has 3 heteroatoms. The molecule has 0 radical (unpaired) electrons. The Morgan fingerprint density at radius 3 is 2.62 bits per heavy atom. The molecule has 2 fully saturated rings. The van der Waals surface area contributed by atoms with Crippen LogP contribution in [0.2, 0.25) is 0 Å². The quantitative estimate of drug-likeness (QED) is 0.773.